The van der Waals surface area contributed by atoms with Crippen molar-refractivity contribution in [2.24, 2.45) is 0 Å². The van der Waals surface area contributed by atoms with E-state index in [0.717, 1.165) is 12.3 Å². The van der Waals surface area contributed by atoms with Gasteiger partial charge in [0.2, 0.25) is 0 Å². The number of aromatic nitrogens is 1. The predicted octanol–water partition coefficient (Wildman–Crippen LogP) is 2.37. The lowest BCUT2D eigenvalue weighted by molar-refractivity contribution is 0.370. The number of hydrogen-bond acceptors (Lipinski definition) is 3. The summed E-state index contributed by atoms with van der Waals surface area (Å²) in [6.45, 7) is 1.14. The van der Waals surface area contributed by atoms with Crippen molar-refractivity contribution >= 4 is 0 Å². The van der Waals surface area contributed by atoms with E-state index in [1.165, 1.54) is 37.7 Å². The summed E-state index contributed by atoms with van der Waals surface area (Å²) in [7, 11) is 0. The van der Waals surface area contributed by atoms with E-state index in [-0.39, 0.29) is 0 Å². The molecule has 1 saturated carbocycles. The number of rotatable bonds is 2. The Bertz CT molecular complexity index is 311. The molecule has 2 aliphatic rings. The van der Waals surface area contributed by atoms with Crippen molar-refractivity contribution in [2.45, 2.75) is 44.1 Å². The molecule has 1 aromatic heterocycles. The zero-order valence-corrected chi connectivity index (χ0v) is 8.33. The fourth-order valence-electron chi connectivity index (χ4n) is 2.29. The second-order valence-corrected chi connectivity index (χ2v) is 4.42. The van der Waals surface area contributed by atoms with E-state index in [2.05, 4.69) is 10.5 Å². The Labute approximate surface area is 83.9 Å². The minimum absolute atomic E-state index is 0.505. The third-order valence-electron chi connectivity index (χ3n) is 3.26. The van der Waals surface area contributed by atoms with Crippen LogP contribution in [0.1, 0.15) is 55.4 Å². The van der Waals surface area contributed by atoms with Gasteiger partial charge in [0.25, 0.3) is 0 Å². The zero-order valence-electron chi connectivity index (χ0n) is 8.33. The highest BCUT2D eigenvalue weighted by molar-refractivity contribution is 5.25. The normalized spacial score (nSPS) is 27.9. The molecule has 0 radical (unpaired) electrons. The molecule has 0 bridgehead atoms. The number of nitrogens with one attached hydrogen (secondary N) is 1. The third-order valence-corrected chi connectivity index (χ3v) is 3.26. The monoisotopic (exact) mass is 192 g/mol. The van der Waals surface area contributed by atoms with Crippen molar-refractivity contribution in [1.29, 1.82) is 0 Å². The minimum atomic E-state index is 0.505. The molecule has 3 nitrogen and oxygen atoms in total. The van der Waals surface area contributed by atoms with Gasteiger partial charge >= 0.3 is 0 Å². The van der Waals surface area contributed by atoms with Crippen LogP contribution in [0.4, 0.5) is 0 Å². The maximum absolute atomic E-state index is 5.35. The summed E-state index contributed by atoms with van der Waals surface area (Å²) in [5, 5.41) is 7.49. The van der Waals surface area contributed by atoms with Crippen LogP contribution >= 0.6 is 0 Å². The summed E-state index contributed by atoms with van der Waals surface area (Å²) in [4.78, 5) is 0. The molecule has 2 fully saturated rings. The molecule has 1 aliphatic carbocycles. The minimum Gasteiger partial charge on any atom is -0.361 e. The molecular weight excluding hydrogens is 176 g/mol. The molecule has 0 spiro atoms. The van der Waals surface area contributed by atoms with Crippen molar-refractivity contribution in [1.82, 2.24) is 10.5 Å². The van der Waals surface area contributed by atoms with Gasteiger partial charge in [0, 0.05) is 17.5 Å². The van der Waals surface area contributed by atoms with Crippen LogP contribution in [-0.4, -0.2) is 11.7 Å². The topological polar surface area (TPSA) is 38.1 Å². The number of nitrogens with zero attached hydrogens (tertiary/aromatic N) is 1. The fourth-order valence-corrected chi connectivity index (χ4v) is 2.29. The van der Waals surface area contributed by atoms with Crippen LogP contribution in [0.15, 0.2) is 10.7 Å². The standard InChI is InChI=1S/C11H16N2O/c1-2-6-12-10(3-1)9-7-13-14-11(9)8-4-5-8/h7-8,10,12H,1-6H2. The molecule has 1 N–H and O–H groups in total. The van der Waals surface area contributed by atoms with Gasteiger partial charge in [-0.2, -0.15) is 0 Å². The first-order valence-electron chi connectivity index (χ1n) is 5.63. The largest absolute Gasteiger partial charge is 0.361 e. The molecule has 3 heteroatoms. The van der Waals surface area contributed by atoms with Gasteiger partial charge < -0.3 is 9.84 Å². The van der Waals surface area contributed by atoms with E-state index >= 15 is 0 Å². The van der Waals surface area contributed by atoms with E-state index in [1.807, 2.05) is 6.20 Å². The maximum Gasteiger partial charge on any atom is 0.144 e. The number of piperidine rings is 1. The van der Waals surface area contributed by atoms with Gasteiger partial charge in [-0.3, -0.25) is 0 Å². The van der Waals surface area contributed by atoms with Crippen LogP contribution in [0, 0.1) is 0 Å². The zero-order chi connectivity index (χ0) is 9.38. The first kappa shape index (κ1) is 8.48. The number of hydrogen-bond donors (Lipinski definition) is 1. The van der Waals surface area contributed by atoms with E-state index in [1.54, 1.807) is 0 Å². The first-order valence-corrected chi connectivity index (χ1v) is 5.63. The van der Waals surface area contributed by atoms with Crippen LogP contribution in [0.3, 0.4) is 0 Å². The van der Waals surface area contributed by atoms with Crippen molar-refractivity contribution in [3.05, 3.63) is 17.5 Å². The Balaban J connectivity index is 1.82. The summed E-state index contributed by atoms with van der Waals surface area (Å²) >= 11 is 0. The van der Waals surface area contributed by atoms with Gasteiger partial charge in [-0.1, -0.05) is 11.6 Å². The molecule has 1 aromatic rings. The fraction of sp³-hybridized carbons (Fsp3) is 0.727. The Morgan fingerprint density at radius 3 is 2.93 bits per heavy atom. The highest BCUT2D eigenvalue weighted by atomic mass is 16.5. The maximum atomic E-state index is 5.35. The Morgan fingerprint density at radius 1 is 1.29 bits per heavy atom. The quantitative estimate of drug-likeness (QED) is 0.781. The molecule has 0 aromatic carbocycles. The summed E-state index contributed by atoms with van der Waals surface area (Å²) in [6, 6.07) is 0.505. The molecule has 2 heterocycles. The highest BCUT2D eigenvalue weighted by Crippen LogP contribution is 2.43. The Hall–Kier alpha value is -0.830. The van der Waals surface area contributed by atoms with E-state index < -0.39 is 0 Å². The lowest BCUT2D eigenvalue weighted by Gasteiger charge is -2.22. The van der Waals surface area contributed by atoms with E-state index in [0.29, 0.717) is 12.0 Å². The van der Waals surface area contributed by atoms with Crippen LogP contribution in [0.2, 0.25) is 0 Å². The molecule has 1 atom stereocenters. The molecule has 1 saturated heterocycles. The molecule has 3 rings (SSSR count). The van der Waals surface area contributed by atoms with Gasteiger partial charge in [0.15, 0.2) is 0 Å². The molecule has 76 valence electrons. The summed E-state index contributed by atoms with van der Waals surface area (Å²) < 4.78 is 5.35. The molecular formula is C11H16N2O. The molecule has 14 heavy (non-hydrogen) atoms. The van der Waals surface area contributed by atoms with Crippen molar-refractivity contribution in [2.75, 3.05) is 6.54 Å². The highest BCUT2D eigenvalue weighted by Gasteiger charge is 2.32. The molecule has 0 amide bonds. The first-order chi connectivity index (χ1) is 6.95. The van der Waals surface area contributed by atoms with Crippen LogP contribution in [-0.2, 0) is 0 Å². The van der Waals surface area contributed by atoms with Crippen molar-refractivity contribution in [3.63, 3.8) is 0 Å². The molecule has 1 unspecified atom stereocenters. The Kier molecular flexibility index (Phi) is 2.05. The average Bonchev–Trinajstić information content (AvgIpc) is 2.98. The predicted molar refractivity (Wildman–Crippen MR) is 53.1 cm³/mol. The van der Waals surface area contributed by atoms with Gasteiger partial charge in [-0.25, -0.2) is 0 Å². The van der Waals surface area contributed by atoms with Crippen molar-refractivity contribution < 1.29 is 4.52 Å². The molecule has 1 aliphatic heterocycles. The van der Waals surface area contributed by atoms with Crippen LogP contribution in [0.25, 0.3) is 0 Å². The van der Waals surface area contributed by atoms with E-state index in [4.69, 9.17) is 4.52 Å². The smallest absolute Gasteiger partial charge is 0.144 e. The second kappa shape index (κ2) is 3.39. The Morgan fingerprint density at radius 2 is 2.21 bits per heavy atom. The second-order valence-electron chi connectivity index (χ2n) is 4.42. The van der Waals surface area contributed by atoms with Gasteiger partial charge in [-0.15, -0.1) is 0 Å². The van der Waals surface area contributed by atoms with Crippen LogP contribution in [0.5, 0.6) is 0 Å². The van der Waals surface area contributed by atoms with E-state index in [9.17, 15) is 0 Å². The van der Waals surface area contributed by atoms with Gasteiger partial charge in [0.05, 0.1) is 6.20 Å². The summed E-state index contributed by atoms with van der Waals surface area (Å²) in [6.07, 6.45) is 8.36. The SMILES string of the molecule is c1noc(C2CC2)c1C1CCCCN1. The lowest BCUT2D eigenvalue weighted by atomic mass is 9.97. The average molecular weight is 192 g/mol. The van der Waals surface area contributed by atoms with Crippen LogP contribution < -0.4 is 5.32 Å². The lowest BCUT2D eigenvalue weighted by Crippen LogP contribution is -2.27. The summed E-state index contributed by atoms with van der Waals surface area (Å²) in [5.41, 5.74) is 1.33. The van der Waals surface area contributed by atoms with Gasteiger partial charge in [0.1, 0.15) is 5.76 Å². The van der Waals surface area contributed by atoms with Crippen molar-refractivity contribution in [3.8, 4) is 0 Å². The third kappa shape index (κ3) is 1.46. The summed E-state index contributed by atoms with van der Waals surface area (Å²) in [5.74, 6) is 1.83. The van der Waals surface area contributed by atoms with Gasteiger partial charge in [-0.05, 0) is 32.2 Å².